The standard InChI is InChI=1S/C17H35NO.C17H33N.C16H34N2.C13H28N2.C12H25N.C11H23N.C10H21N.C9H19N.C9H20O.C8H16/c1-16(2,3)10-8-6-5-7-9-13-18-14-11-17(4,19)12-15-18;1-16-10-14-18(15-11-16)13-9-7-5-6-8-12-17(2,3)4;1-6-7-8-9-10-11-12-17-13-14-18-15(2)16(3,4)5;1-5-7-14-9-11-15(12-10-14)8-6-13(2,3)4;1-5-6-7-8-13-9-11(10-13)12(2,3)4;1-5-6-7-12-8-10(9-12)11(2,3)4;1-5-6-11-7-9(8-11)10(2,3)4;1-5-10-6-8(7-10)9(2,3)4;1-5-7-10-8-6-9(2,3)4;1-8(2,3)7-5-4-6-7/h19H,5-15H2,1-4H3;10H,5-9,11-15H2,1-4H3;17-18H,2,6-14H2,1,3-5H3;5-12H2,1-4H3;11H,5-10H2,1-4H3;10H,5-9H2,1-4H3;9H,5-8H2,1-4H3;8H,5-7H2,1-4H3;5-8H2,1-4H3;7H,4-6H2,1-3H3. The summed E-state index contributed by atoms with van der Waals surface area (Å²) in [5, 5.41) is 16.8. The third kappa shape index (κ3) is 77.4. The highest BCUT2D eigenvalue weighted by molar-refractivity contribution is 5.04. The van der Waals surface area contributed by atoms with Crippen molar-refractivity contribution in [3.63, 3.8) is 0 Å². The lowest BCUT2D eigenvalue weighted by molar-refractivity contribution is -0.00556. The molecule has 804 valence electrons. The molecule has 0 spiro atoms. The van der Waals surface area contributed by atoms with Gasteiger partial charge in [-0.3, -0.25) is 4.90 Å². The molecule has 134 heavy (non-hydrogen) atoms. The number of rotatable bonds is 43. The zero-order valence-electron chi connectivity index (χ0n) is 99.7. The molecule has 1 saturated carbocycles. The van der Waals surface area contributed by atoms with Crippen molar-refractivity contribution in [3.05, 3.63) is 23.9 Å². The van der Waals surface area contributed by atoms with Crippen LogP contribution >= 0.6 is 0 Å². The fourth-order valence-corrected chi connectivity index (χ4v) is 17.5. The first-order valence-corrected chi connectivity index (χ1v) is 58.0. The Kier molecular flexibility index (Phi) is 72.6. The molecule has 8 aliphatic rings. The number of unbranched alkanes of at least 4 members (excludes halogenated alkanes) is 16. The molecule has 0 unspecified atom stereocenters. The molecule has 8 rings (SSSR count). The summed E-state index contributed by atoms with van der Waals surface area (Å²) < 4.78 is 5.36. The highest BCUT2D eigenvalue weighted by atomic mass is 16.5. The lowest BCUT2D eigenvalue weighted by atomic mass is 9.69. The Balaban J connectivity index is 0. The topological polar surface area (TPSA) is 79.4 Å². The number of aliphatic hydroxyl groups is 1. The number of hydrogen-bond donors (Lipinski definition) is 3. The molecule has 0 atom stereocenters. The minimum absolute atomic E-state index is 0.166. The van der Waals surface area contributed by atoms with Gasteiger partial charge in [-0.15, -0.1) is 0 Å². The lowest BCUT2D eigenvalue weighted by Crippen LogP contribution is -2.52. The number of ether oxygens (including phenoxy) is 1. The van der Waals surface area contributed by atoms with Crippen LogP contribution in [0.5, 0.6) is 0 Å². The van der Waals surface area contributed by atoms with E-state index in [1.807, 2.05) is 6.92 Å². The van der Waals surface area contributed by atoms with E-state index >= 15 is 0 Å². The molecule has 7 heterocycles. The number of nitrogens with zero attached hydrogens (tertiary/aromatic N) is 8. The maximum absolute atomic E-state index is 9.90. The van der Waals surface area contributed by atoms with Crippen molar-refractivity contribution in [2.75, 3.05) is 190 Å². The van der Waals surface area contributed by atoms with E-state index in [-0.39, 0.29) is 5.41 Å². The number of hydrogen-bond acceptors (Lipinski definition) is 12. The molecule has 6 saturated heterocycles. The summed E-state index contributed by atoms with van der Waals surface area (Å²) in [6.45, 7) is 129. The highest BCUT2D eigenvalue weighted by Crippen LogP contribution is 2.42. The van der Waals surface area contributed by atoms with Crippen LogP contribution in [0, 0.1) is 83.7 Å². The van der Waals surface area contributed by atoms with Crippen LogP contribution in [0.2, 0.25) is 0 Å². The van der Waals surface area contributed by atoms with Gasteiger partial charge in [-0.25, -0.2) is 0 Å². The van der Waals surface area contributed by atoms with E-state index in [2.05, 4.69) is 326 Å². The molecule has 12 heteroatoms. The average molecular weight is 1890 g/mol. The minimum Gasteiger partial charge on any atom is -0.390 e. The predicted octanol–water partition coefficient (Wildman–Crippen LogP) is 31.7. The van der Waals surface area contributed by atoms with Gasteiger partial charge < -0.3 is 54.8 Å². The summed E-state index contributed by atoms with van der Waals surface area (Å²) in [4.78, 5) is 20.6. The molecule has 1 aliphatic carbocycles. The van der Waals surface area contributed by atoms with Gasteiger partial charge in [0.1, 0.15) is 0 Å². The third-order valence-corrected chi connectivity index (χ3v) is 30.0. The monoisotopic (exact) mass is 1890 g/mol. The molecule has 0 radical (unpaired) electrons. The summed E-state index contributed by atoms with van der Waals surface area (Å²) in [6, 6.07) is 0. The largest absolute Gasteiger partial charge is 0.390 e. The first-order chi connectivity index (χ1) is 62.1. The van der Waals surface area contributed by atoms with E-state index in [9.17, 15) is 5.11 Å². The van der Waals surface area contributed by atoms with Crippen molar-refractivity contribution >= 4 is 0 Å². The summed E-state index contributed by atoms with van der Waals surface area (Å²) in [6.07, 6.45) is 47.9. The van der Waals surface area contributed by atoms with Crippen LogP contribution < -0.4 is 10.6 Å². The minimum atomic E-state index is -0.399. The molecule has 0 aromatic carbocycles. The molecule has 7 fully saturated rings. The Morgan fingerprint density at radius 3 is 1.04 bits per heavy atom. The molecule has 0 aromatic heterocycles. The van der Waals surface area contributed by atoms with Crippen LogP contribution in [0.25, 0.3) is 0 Å². The molecule has 0 amide bonds. The number of likely N-dealkylation sites (tertiary alicyclic amines) is 5. The van der Waals surface area contributed by atoms with Gasteiger partial charge in [0.25, 0.3) is 0 Å². The van der Waals surface area contributed by atoms with Crippen molar-refractivity contribution in [2.24, 2.45) is 83.7 Å². The van der Waals surface area contributed by atoms with E-state index < -0.39 is 5.60 Å². The maximum atomic E-state index is 9.90. The first kappa shape index (κ1) is 135. The molecule has 12 nitrogen and oxygen atoms in total. The first-order valence-electron chi connectivity index (χ1n) is 58.0. The highest BCUT2D eigenvalue weighted by Gasteiger charge is 2.39. The lowest BCUT2D eigenvalue weighted by Gasteiger charge is -2.46. The van der Waals surface area contributed by atoms with Crippen LogP contribution in [0.15, 0.2) is 23.9 Å². The zero-order valence-corrected chi connectivity index (χ0v) is 99.7. The molecular formula is C122H254N10O2. The van der Waals surface area contributed by atoms with Crippen LogP contribution in [0.4, 0.5) is 0 Å². The summed E-state index contributed by atoms with van der Waals surface area (Å²) in [5.41, 5.74) is 7.13. The van der Waals surface area contributed by atoms with E-state index in [0.29, 0.717) is 48.7 Å². The Bertz CT molecular complexity index is 2700. The van der Waals surface area contributed by atoms with Crippen molar-refractivity contribution in [1.29, 1.82) is 0 Å². The van der Waals surface area contributed by atoms with Gasteiger partial charge in [-0.05, 0) is 260 Å². The van der Waals surface area contributed by atoms with Crippen LogP contribution in [0.1, 0.15) is 488 Å². The second-order valence-electron chi connectivity index (χ2n) is 55.1. The number of piperazine rings is 1. The predicted molar refractivity (Wildman–Crippen MR) is 605 cm³/mol. The van der Waals surface area contributed by atoms with Gasteiger partial charge >= 0.3 is 0 Å². The Morgan fingerprint density at radius 2 is 0.687 bits per heavy atom. The summed E-state index contributed by atoms with van der Waals surface area (Å²) >= 11 is 0. The van der Waals surface area contributed by atoms with E-state index in [4.69, 9.17) is 4.74 Å². The second-order valence-corrected chi connectivity index (χ2v) is 55.1. The Morgan fingerprint density at radius 1 is 0.343 bits per heavy atom. The maximum Gasteiger partial charge on any atom is 0.0644 e. The molecule has 0 bridgehead atoms. The smallest absolute Gasteiger partial charge is 0.0644 e. The quantitative estimate of drug-likeness (QED) is 0.0402. The summed E-state index contributed by atoms with van der Waals surface area (Å²) in [7, 11) is 0. The van der Waals surface area contributed by atoms with Gasteiger partial charge in [-0.1, -0.05) is 384 Å². The Labute approximate surface area is 846 Å². The molecule has 0 aromatic rings. The van der Waals surface area contributed by atoms with Crippen molar-refractivity contribution in [1.82, 2.24) is 49.8 Å². The third-order valence-electron chi connectivity index (χ3n) is 30.0. The van der Waals surface area contributed by atoms with Gasteiger partial charge in [0.15, 0.2) is 0 Å². The van der Waals surface area contributed by atoms with Gasteiger partial charge in [0.05, 0.1) is 5.60 Å². The van der Waals surface area contributed by atoms with Gasteiger partial charge in [0.2, 0.25) is 0 Å². The zero-order chi connectivity index (χ0) is 103. The fourth-order valence-electron chi connectivity index (χ4n) is 17.5. The average Bonchev–Trinajstić information content (AvgIpc) is 0.826. The van der Waals surface area contributed by atoms with Crippen LogP contribution in [0.3, 0.4) is 0 Å². The second kappa shape index (κ2) is 72.2. The Hall–Kier alpha value is -1.16. The molecule has 7 aliphatic heterocycles. The summed E-state index contributed by atoms with van der Waals surface area (Å²) in [5.74, 6) is 4.78. The van der Waals surface area contributed by atoms with Gasteiger partial charge in [-0.2, -0.15) is 0 Å². The van der Waals surface area contributed by atoms with Crippen molar-refractivity contribution < 1.29 is 9.84 Å². The van der Waals surface area contributed by atoms with Crippen molar-refractivity contribution in [3.8, 4) is 0 Å². The van der Waals surface area contributed by atoms with E-state index in [0.717, 1.165) is 107 Å². The molecule has 3 N–H and O–H groups in total. The van der Waals surface area contributed by atoms with Gasteiger partial charge in [0, 0.05) is 142 Å². The number of piperidine rings is 1. The van der Waals surface area contributed by atoms with E-state index in [1.165, 1.54) is 337 Å². The van der Waals surface area contributed by atoms with Crippen molar-refractivity contribution in [2.45, 2.75) is 494 Å². The molecular weight excluding hydrogens is 1640 g/mol. The number of allylic oxidation sites excluding steroid dienone is 1. The van der Waals surface area contributed by atoms with Crippen LogP contribution in [-0.4, -0.2) is 240 Å². The van der Waals surface area contributed by atoms with Crippen LogP contribution in [-0.2, 0) is 4.74 Å². The normalized spacial score (nSPS) is 18.8. The fraction of sp³-hybridized carbons (Fsp3) is 0.967. The number of nitrogens with one attached hydrogen (secondary N) is 2. The van der Waals surface area contributed by atoms with E-state index in [1.54, 1.807) is 5.57 Å². The SMILES string of the molecule is C=C(NCCNCCCCCCCC)C(C)(C)C.CC(C)(C)C1CCC1.CC(C)(C)CCCCCCCN1CCC(C)(O)CC1.CC1=CCN(CCCCCCCC(C)(C)C)CC1.CCCCCN1CC(C(C)(C)C)C1.CCCCN1CC(C(C)(C)C)C1.CCCN1CC(C(C)(C)C)C1.CCCN1CCN(CCC(C)(C)C)CC1.CCCOCCC(C)(C)C.CCN1CC(C(C)(C)C)C1.